The molecule has 1 rings (SSSR count). The van der Waals surface area contributed by atoms with Crippen molar-refractivity contribution in [3.63, 3.8) is 0 Å². The van der Waals surface area contributed by atoms with Crippen LogP contribution in [0.15, 0.2) is 5.11 Å². The van der Waals surface area contributed by atoms with Gasteiger partial charge in [-0.15, -0.1) is 0 Å². The average molecular weight is 388 g/mol. The maximum Gasteiger partial charge on any atom is 0.305 e. The Labute approximate surface area is 155 Å². The highest BCUT2D eigenvalue weighted by Crippen LogP contribution is 2.40. The third-order valence-corrected chi connectivity index (χ3v) is 9.23. The van der Waals surface area contributed by atoms with Gasteiger partial charge in [-0.2, -0.15) is 0 Å². The molecule has 1 aliphatic rings. The van der Waals surface area contributed by atoms with Gasteiger partial charge in [-0.1, -0.05) is 25.9 Å². The first-order valence-electron chi connectivity index (χ1n) is 8.52. The van der Waals surface area contributed by atoms with E-state index < -0.39 is 50.9 Å². The minimum Gasteiger partial charge on any atom is -0.455 e. The fourth-order valence-corrected chi connectivity index (χ4v) is 3.81. The maximum absolute atomic E-state index is 11.5. The van der Waals surface area contributed by atoms with Gasteiger partial charge in [0.1, 0.15) is 6.04 Å². The Balaban J connectivity index is 3.27. The molecule has 0 radical (unpaired) electrons. The smallest absolute Gasteiger partial charge is 0.305 e. The zero-order valence-corrected chi connectivity index (χ0v) is 17.7. The summed E-state index contributed by atoms with van der Waals surface area (Å²) < 4.78 is 22.6. The van der Waals surface area contributed by atoms with Crippen molar-refractivity contribution in [2.45, 2.75) is 90.3 Å². The van der Waals surface area contributed by atoms with Gasteiger partial charge >= 0.3 is 11.9 Å². The first-order valence-corrected chi connectivity index (χ1v) is 11.4. The zero-order valence-electron chi connectivity index (χ0n) is 16.7. The molecular weight excluding hydrogens is 358 g/mol. The largest absolute Gasteiger partial charge is 0.455 e. The van der Waals surface area contributed by atoms with E-state index in [1.807, 2.05) is 0 Å². The molecule has 10 heteroatoms. The number of esters is 2. The first-order chi connectivity index (χ1) is 11.8. The van der Waals surface area contributed by atoms with E-state index in [0.717, 1.165) is 0 Å². The monoisotopic (exact) mass is 387 g/mol. The second-order valence-electron chi connectivity index (χ2n) is 7.93. The van der Waals surface area contributed by atoms with Crippen LogP contribution in [-0.2, 0) is 28.2 Å². The van der Waals surface area contributed by atoms with Crippen LogP contribution in [0.2, 0.25) is 18.1 Å². The fourth-order valence-electron chi connectivity index (χ4n) is 2.44. The Morgan fingerprint density at radius 2 is 1.65 bits per heavy atom. The highest BCUT2D eigenvalue weighted by molar-refractivity contribution is 6.74. The molecule has 26 heavy (non-hydrogen) atoms. The predicted molar refractivity (Wildman–Crippen MR) is 96.7 cm³/mol. The molecule has 0 bridgehead atoms. The summed E-state index contributed by atoms with van der Waals surface area (Å²) in [5.74, 6) is -1.20. The van der Waals surface area contributed by atoms with Gasteiger partial charge in [-0.05, 0) is 30.6 Å². The molecule has 148 valence electrons. The molecule has 0 aliphatic carbocycles. The van der Waals surface area contributed by atoms with Crippen LogP contribution in [0.5, 0.6) is 0 Å². The molecule has 0 spiro atoms. The molecule has 0 aromatic rings. The van der Waals surface area contributed by atoms with E-state index in [0.29, 0.717) is 0 Å². The van der Waals surface area contributed by atoms with Crippen LogP contribution in [0, 0.1) is 0 Å². The van der Waals surface area contributed by atoms with Crippen molar-refractivity contribution in [1.29, 1.82) is 0 Å². The second kappa shape index (κ2) is 8.39. The van der Waals surface area contributed by atoms with Crippen molar-refractivity contribution >= 4 is 20.3 Å². The van der Waals surface area contributed by atoms with E-state index in [9.17, 15) is 9.59 Å². The molecule has 0 saturated carbocycles. The van der Waals surface area contributed by atoms with Gasteiger partial charge in [-0.25, -0.2) is 0 Å². The van der Waals surface area contributed by atoms with Gasteiger partial charge in [-0.3, -0.25) is 9.59 Å². The number of hydrogen-bond acceptors (Lipinski definition) is 7. The lowest BCUT2D eigenvalue weighted by molar-refractivity contribution is -0.261. The van der Waals surface area contributed by atoms with Crippen molar-refractivity contribution in [1.82, 2.24) is 0 Å². The number of nitrogens with zero attached hydrogens (tertiary/aromatic N) is 3. The van der Waals surface area contributed by atoms with Crippen molar-refractivity contribution in [2.24, 2.45) is 5.11 Å². The van der Waals surface area contributed by atoms with Gasteiger partial charge in [0, 0.05) is 18.8 Å². The first kappa shape index (κ1) is 22.4. The summed E-state index contributed by atoms with van der Waals surface area (Å²) in [6, 6.07) is -0.883. The number of hydrogen-bond donors (Lipinski definition) is 0. The summed E-state index contributed by atoms with van der Waals surface area (Å²) in [6.07, 6.45) is -3.42. The van der Waals surface area contributed by atoms with Gasteiger partial charge in [0.15, 0.2) is 14.4 Å². The topological polar surface area (TPSA) is 120 Å². The molecule has 0 amide bonds. The van der Waals surface area contributed by atoms with Crippen LogP contribution < -0.4 is 0 Å². The van der Waals surface area contributed by atoms with E-state index in [1.165, 1.54) is 13.8 Å². The molecule has 9 nitrogen and oxygen atoms in total. The fraction of sp³-hybridized carbons (Fsp3) is 0.875. The lowest BCUT2D eigenvalue weighted by atomic mass is 9.97. The Morgan fingerprint density at radius 3 is 2.08 bits per heavy atom. The van der Waals surface area contributed by atoms with E-state index in [-0.39, 0.29) is 5.04 Å². The Morgan fingerprint density at radius 1 is 1.12 bits per heavy atom. The molecule has 1 fully saturated rings. The molecule has 1 saturated heterocycles. The quantitative estimate of drug-likeness (QED) is 0.235. The molecule has 0 unspecified atom stereocenters. The van der Waals surface area contributed by atoms with E-state index >= 15 is 0 Å². The van der Waals surface area contributed by atoms with Crippen LogP contribution >= 0.6 is 0 Å². The van der Waals surface area contributed by atoms with Crippen LogP contribution in [0.25, 0.3) is 10.4 Å². The lowest BCUT2D eigenvalue weighted by Gasteiger charge is -2.47. The standard InChI is InChI=1S/C16H29N3O6Si/c1-9-13(25-26(7,8)16(4,5)6)12(18-19-17)14(23-10(2)20)15(22-9)24-11(3)21/h9,12-15H,1-8H3/t9-,12+,13-,14-,15-/m1/s1. The molecule has 0 aromatic heterocycles. The van der Waals surface area contributed by atoms with Crippen LogP contribution in [0.1, 0.15) is 41.5 Å². The summed E-state index contributed by atoms with van der Waals surface area (Å²) in [5, 5.41) is 3.72. The maximum atomic E-state index is 11.5. The van der Waals surface area contributed by atoms with Crippen LogP contribution in [0.4, 0.5) is 0 Å². The van der Waals surface area contributed by atoms with Crippen molar-refractivity contribution in [3.05, 3.63) is 10.4 Å². The number of rotatable bonds is 5. The highest BCUT2D eigenvalue weighted by atomic mass is 28.4. The zero-order chi connectivity index (χ0) is 20.3. The van der Waals surface area contributed by atoms with Gasteiger partial charge in [0.2, 0.25) is 6.29 Å². The third kappa shape index (κ3) is 5.44. The molecule has 5 atom stereocenters. The number of ether oxygens (including phenoxy) is 3. The normalized spacial score (nSPS) is 29.5. The van der Waals surface area contributed by atoms with Crippen molar-refractivity contribution in [3.8, 4) is 0 Å². The van der Waals surface area contributed by atoms with E-state index in [1.54, 1.807) is 6.92 Å². The number of carbonyl (C=O) groups is 2. The SMILES string of the molecule is CC(=O)O[C@H]1O[C@H](C)[C@@H](O[Si](C)(C)C(C)(C)C)[C@H](N=[N+]=[N-])[C@H]1OC(C)=O. The summed E-state index contributed by atoms with van der Waals surface area (Å²) in [7, 11) is -2.24. The lowest BCUT2D eigenvalue weighted by Crippen LogP contribution is -2.62. The van der Waals surface area contributed by atoms with E-state index in [4.69, 9.17) is 24.2 Å². The highest BCUT2D eigenvalue weighted by Gasteiger charge is 2.51. The van der Waals surface area contributed by atoms with Gasteiger partial charge in [0.05, 0.1) is 12.2 Å². The molecule has 0 N–H and O–H groups in total. The van der Waals surface area contributed by atoms with Crippen LogP contribution in [0.3, 0.4) is 0 Å². The van der Waals surface area contributed by atoms with Crippen LogP contribution in [-0.4, -0.2) is 50.9 Å². The van der Waals surface area contributed by atoms with Crippen molar-refractivity contribution in [2.75, 3.05) is 0 Å². The summed E-state index contributed by atoms with van der Waals surface area (Å²) >= 11 is 0. The second-order valence-corrected chi connectivity index (χ2v) is 12.7. The molecule has 1 heterocycles. The van der Waals surface area contributed by atoms with Crippen molar-refractivity contribution < 1.29 is 28.2 Å². The molecule has 0 aromatic carbocycles. The van der Waals surface area contributed by atoms with E-state index in [2.05, 4.69) is 43.9 Å². The summed E-state index contributed by atoms with van der Waals surface area (Å²) in [4.78, 5) is 25.8. The van der Waals surface area contributed by atoms with Gasteiger partial charge in [0.25, 0.3) is 0 Å². The molecule has 1 aliphatic heterocycles. The summed E-state index contributed by atoms with van der Waals surface area (Å²) in [5.41, 5.74) is 9.03. The predicted octanol–water partition coefficient (Wildman–Crippen LogP) is 3.30. The minimum atomic E-state index is -2.24. The Kier molecular flexibility index (Phi) is 7.23. The van der Waals surface area contributed by atoms with Gasteiger partial charge < -0.3 is 18.6 Å². The molecular formula is C16H29N3O6Si. The minimum absolute atomic E-state index is 0.0860. The number of azide groups is 1. The average Bonchev–Trinajstić information content (AvgIpc) is 2.44. The number of carbonyl (C=O) groups excluding carboxylic acids is 2. The Hall–Kier alpha value is -1.61. The summed E-state index contributed by atoms with van der Waals surface area (Å²) in [6.45, 7) is 14.6. The third-order valence-electron chi connectivity index (χ3n) is 4.76. The Bertz CT molecular complexity index is 585.